The van der Waals surface area contributed by atoms with Gasteiger partial charge in [-0.3, -0.25) is 4.90 Å². The molecule has 0 saturated carbocycles. The summed E-state index contributed by atoms with van der Waals surface area (Å²) in [6, 6.07) is 25.7. The van der Waals surface area contributed by atoms with Crippen molar-refractivity contribution >= 4 is 30.0 Å². The maximum absolute atomic E-state index is 11.3. The van der Waals surface area contributed by atoms with E-state index in [0.717, 1.165) is 30.5 Å². The van der Waals surface area contributed by atoms with E-state index in [9.17, 15) is 9.90 Å². The molecule has 0 saturated heterocycles. The molecule has 3 aromatic carbocycles. The van der Waals surface area contributed by atoms with Gasteiger partial charge >= 0.3 is 5.97 Å². The quantitative estimate of drug-likeness (QED) is 0.320. The van der Waals surface area contributed by atoms with Gasteiger partial charge in [0.2, 0.25) is 0 Å². The highest BCUT2D eigenvalue weighted by Crippen LogP contribution is 2.21. The monoisotopic (exact) mass is 517 g/mol. The predicted molar refractivity (Wildman–Crippen MR) is 142 cm³/mol. The molecule has 0 aliphatic carbocycles. The highest BCUT2D eigenvalue weighted by atomic mass is 35.5. The molecule has 1 N–H and O–H groups in total. The lowest BCUT2D eigenvalue weighted by Crippen LogP contribution is -2.39. The molecular weight excluding hydrogens is 485 g/mol. The van der Waals surface area contributed by atoms with Crippen LogP contribution in [0.4, 0.5) is 0 Å². The lowest BCUT2D eigenvalue weighted by atomic mass is 10.0. The van der Waals surface area contributed by atoms with Crippen LogP contribution in [0, 0.1) is 0 Å². The maximum Gasteiger partial charge on any atom is 0.343 e. The van der Waals surface area contributed by atoms with Crippen molar-refractivity contribution in [2.75, 3.05) is 26.8 Å². The van der Waals surface area contributed by atoms with Crippen LogP contribution in [0.1, 0.15) is 29.7 Å². The predicted octanol–water partition coefficient (Wildman–Crippen LogP) is 5.52. The Kier molecular flexibility index (Phi) is 12.1. The summed E-state index contributed by atoms with van der Waals surface area (Å²) >= 11 is 6.14. The first kappa shape index (κ1) is 28.7. The van der Waals surface area contributed by atoms with Crippen molar-refractivity contribution in [1.29, 1.82) is 0 Å². The molecule has 0 aliphatic rings. The van der Waals surface area contributed by atoms with Crippen LogP contribution in [0.5, 0.6) is 5.75 Å². The SMILES string of the molecule is COC(=O)COc1ccc(CC(C)N(CCc2ccccc2)C[C@@H](O)c2cccc(Cl)c2)cc1.Cl. The minimum atomic E-state index is -0.633. The molecule has 1 unspecified atom stereocenters. The summed E-state index contributed by atoms with van der Waals surface area (Å²) in [6.45, 7) is 3.40. The molecule has 0 aromatic heterocycles. The largest absolute Gasteiger partial charge is 0.482 e. The smallest absolute Gasteiger partial charge is 0.343 e. The maximum atomic E-state index is 11.3. The van der Waals surface area contributed by atoms with Crippen molar-refractivity contribution in [3.63, 3.8) is 0 Å². The molecule has 0 aliphatic heterocycles. The van der Waals surface area contributed by atoms with Crippen LogP contribution >= 0.6 is 24.0 Å². The molecule has 35 heavy (non-hydrogen) atoms. The minimum absolute atomic E-state index is 0. The van der Waals surface area contributed by atoms with Gasteiger partial charge in [-0.2, -0.15) is 0 Å². The number of esters is 1. The molecule has 0 bridgehead atoms. The second kappa shape index (κ2) is 14.7. The van der Waals surface area contributed by atoms with Crippen LogP contribution in [-0.2, 0) is 22.4 Å². The van der Waals surface area contributed by atoms with E-state index in [0.29, 0.717) is 17.3 Å². The molecule has 0 amide bonds. The van der Waals surface area contributed by atoms with Gasteiger partial charge in [-0.05, 0) is 60.7 Å². The summed E-state index contributed by atoms with van der Waals surface area (Å²) in [5.41, 5.74) is 3.24. The van der Waals surface area contributed by atoms with Gasteiger partial charge < -0.3 is 14.6 Å². The topological polar surface area (TPSA) is 59.0 Å². The van der Waals surface area contributed by atoms with Crippen molar-refractivity contribution in [2.45, 2.75) is 31.9 Å². The number of hydrogen-bond donors (Lipinski definition) is 1. The van der Waals surface area contributed by atoms with Gasteiger partial charge in [0.1, 0.15) is 5.75 Å². The number of rotatable bonds is 12. The third-order valence-corrected chi connectivity index (χ3v) is 6.07. The molecular formula is C28H33Cl2NO4. The number of ether oxygens (including phenoxy) is 2. The van der Waals surface area contributed by atoms with Gasteiger partial charge in [0.15, 0.2) is 6.61 Å². The van der Waals surface area contributed by atoms with Crippen LogP contribution in [-0.4, -0.2) is 48.8 Å². The third kappa shape index (κ3) is 9.54. The average molecular weight is 518 g/mol. The third-order valence-electron chi connectivity index (χ3n) is 5.83. The van der Waals surface area contributed by atoms with E-state index in [2.05, 4.69) is 28.7 Å². The average Bonchev–Trinajstić information content (AvgIpc) is 2.86. The van der Waals surface area contributed by atoms with Crippen molar-refractivity contribution in [2.24, 2.45) is 0 Å². The van der Waals surface area contributed by atoms with Gasteiger partial charge in [0.05, 0.1) is 13.2 Å². The van der Waals surface area contributed by atoms with Crippen LogP contribution in [0.15, 0.2) is 78.9 Å². The molecule has 0 fully saturated rings. The molecule has 3 rings (SSSR count). The molecule has 0 radical (unpaired) electrons. The normalized spacial score (nSPS) is 12.5. The fourth-order valence-corrected chi connectivity index (χ4v) is 4.04. The fourth-order valence-electron chi connectivity index (χ4n) is 3.84. The van der Waals surface area contributed by atoms with Gasteiger partial charge in [-0.1, -0.05) is 66.2 Å². The van der Waals surface area contributed by atoms with E-state index in [4.69, 9.17) is 16.3 Å². The highest BCUT2D eigenvalue weighted by Gasteiger charge is 2.19. The number of methoxy groups -OCH3 is 1. The molecule has 3 aromatic rings. The van der Waals surface area contributed by atoms with Crippen molar-refractivity contribution < 1.29 is 19.4 Å². The summed E-state index contributed by atoms with van der Waals surface area (Å²) in [6.07, 6.45) is 1.08. The summed E-state index contributed by atoms with van der Waals surface area (Å²) in [4.78, 5) is 13.6. The fraction of sp³-hybridized carbons (Fsp3) is 0.321. The van der Waals surface area contributed by atoms with E-state index in [1.54, 1.807) is 0 Å². The standard InChI is InChI=1S/C28H32ClNO4.ClH/c1-21(17-23-11-13-26(14-12-23)34-20-28(32)33-2)30(16-15-22-7-4-3-5-8-22)19-27(31)24-9-6-10-25(29)18-24;/h3-14,18,21,27,31H,15-17,19-20H2,1-2H3;1H/t21?,27-;/m1./s1. The first-order chi connectivity index (χ1) is 16.4. The van der Waals surface area contributed by atoms with Crippen LogP contribution < -0.4 is 4.74 Å². The highest BCUT2D eigenvalue weighted by molar-refractivity contribution is 6.30. The molecule has 0 heterocycles. The first-order valence-electron chi connectivity index (χ1n) is 11.4. The van der Waals surface area contributed by atoms with Gasteiger partial charge in [-0.25, -0.2) is 4.79 Å². The van der Waals surface area contributed by atoms with Gasteiger partial charge in [-0.15, -0.1) is 12.4 Å². The van der Waals surface area contributed by atoms with Crippen molar-refractivity contribution in [3.05, 3.63) is 101 Å². The summed E-state index contributed by atoms with van der Waals surface area (Å²) in [7, 11) is 1.34. The molecule has 5 nitrogen and oxygen atoms in total. The molecule has 188 valence electrons. The summed E-state index contributed by atoms with van der Waals surface area (Å²) < 4.78 is 10.0. The van der Waals surface area contributed by atoms with Gasteiger partial charge in [0.25, 0.3) is 0 Å². The van der Waals surface area contributed by atoms with Gasteiger partial charge in [0, 0.05) is 24.2 Å². The number of halogens is 2. The zero-order chi connectivity index (χ0) is 24.3. The lowest BCUT2D eigenvalue weighted by Gasteiger charge is -2.31. The Bertz CT molecular complexity index is 1030. The number of carbonyl (C=O) groups excluding carboxylic acids is 1. The Morgan fingerprint density at radius 1 is 1.00 bits per heavy atom. The van der Waals surface area contributed by atoms with E-state index in [1.807, 2.05) is 66.7 Å². The van der Waals surface area contributed by atoms with E-state index < -0.39 is 12.1 Å². The Balaban J connectivity index is 0.00000432. The molecule has 0 spiro atoms. The number of hydrogen-bond acceptors (Lipinski definition) is 5. The van der Waals surface area contributed by atoms with E-state index in [-0.39, 0.29) is 25.1 Å². The van der Waals surface area contributed by atoms with Crippen LogP contribution in [0.25, 0.3) is 0 Å². The Morgan fingerprint density at radius 3 is 2.37 bits per heavy atom. The lowest BCUT2D eigenvalue weighted by molar-refractivity contribution is -0.142. The first-order valence-corrected chi connectivity index (χ1v) is 11.8. The Labute approximate surface area is 219 Å². The zero-order valence-corrected chi connectivity index (χ0v) is 21.7. The van der Waals surface area contributed by atoms with E-state index >= 15 is 0 Å². The Morgan fingerprint density at radius 2 is 1.71 bits per heavy atom. The summed E-state index contributed by atoms with van der Waals surface area (Å²) in [5.74, 6) is 0.212. The van der Waals surface area contributed by atoms with Crippen molar-refractivity contribution in [3.8, 4) is 5.75 Å². The van der Waals surface area contributed by atoms with Crippen molar-refractivity contribution in [1.82, 2.24) is 4.90 Å². The number of benzene rings is 3. The zero-order valence-electron chi connectivity index (χ0n) is 20.1. The number of aliphatic hydroxyl groups excluding tert-OH is 1. The van der Waals surface area contributed by atoms with Crippen LogP contribution in [0.2, 0.25) is 5.02 Å². The number of aliphatic hydroxyl groups is 1. The minimum Gasteiger partial charge on any atom is -0.482 e. The summed E-state index contributed by atoms with van der Waals surface area (Å²) in [5, 5.41) is 11.6. The van der Waals surface area contributed by atoms with Crippen LogP contribution in [0.3, 0.4) is 0 Å². The molecule has 2 atom stereocenters. The second-order valence-corrected chi connectivity index (χ2v) is 8.80. The van der Waals surface area contributed by atoms with E-state index in [1.165, 1.54) is 12.7 Å². The molecule has 7 heteroatoms. The number of nitrogens with zero attached hydrogens (tertiary/aromatic N) is 1. The Hall–Kier alpha value is -2.57. The number of carbonyl (C=O) groups is 1. The second-order valence-electron chi connectivity index (χ2n) is 8.36.